The minimum Gasteiger partial charge on any atom is -0.508 e. The molecule has 0 radical (unpaired) electrons. The van der Waals surface area contributed by atoms with Crippen LogP contribution in [0.1, 0.15) is 25.8 Å². The van der Waals surface area contributed by atoms with Gasteiger partial charge in [-0.1, -0.05) is 19.1 Å². The van der Waals surface area contributed by atoms with Gasteiger partial charge in [0.2, 0.25) is 0 Å². The average molecular weight is 209 g/mol. The van der Waals surface area contributed by atoms with Gasteiger partial charge in [-0.2, -0.15) is 0 Å². The standard InChI is InChI=1S/C12H19NO2/c1-3-12(2,13)9-15-8-10-5-4-6-11(14)7-10/h4-7,14H,3,8-9,13H2,1-2H3. The lowest BCUT2D eigenvalue weighted by atomic mass is 10.0. The summed E-state index contributed by atoms with van der Waals surface area (Å²) in [6.45, 7) is 5.02. The van der Waals surface area contributed by atoms with Crippen molar-refractivity contribution in [3.63, 3.8) is 0 Å². The van der Waals surface area contributed by atoms with Crippen molar-refractivity contribution in [3.05, 3.63) is 29.8 Å². The van der Waals surface area contributed by atoms with E-state index in [-0.39, 0.29) is 11.3 Å². The van der Waals surface area contributed by atoms with Crippen molar-refractivity contribution in [1.29, 1.82) is 0 Å². The molecule has 1 rings (SSSR count). The Balaban J connectivity index is 2.38. The fraction of sp³-hybridized carbons (Fsp3) is 0.500. The summed E-state index contributed by atoms with van der Waals surface area (Å²) in [6, 6.07) is 7.05. The van der Waals surface area contributed by atoms with Crippen LogP contribution in [0.4, 0.5) is 0 Å². The number of rotatable bonds is 5. The van der Waals surface area contributed by atoms with E-state index in [4.69, 9.17) is 10.5 Å². The van der Waals surface area contributed by atoms with Gasteiger partial charge in [-0.3, -0.25) is 0 Å². The smallest absolute Gasteiger partial charge is 0.115 e. The normalized spacial score (nSPS) is 14.9. The summed E-state index contributed by atoms with van der Waals surface area (Å²) in [6.07, 6.45) is 0.882. The van der Waals surface area contributed by atoms with E-state index in [1.807, 2.05) is 19.9 Å². The quantitative estimate of drug-likeness (QED) is 0.780. The Labute approximate surface area is 90.9 Å². The molecule has 0 saturated heterocycles. The molecule has 84 valence electrons. The maximum Gasteiger partial charge on any atom is 0.115 e. The molecule has 0 aliphatic rings. The summed E-state index contributed by atoms with van der Waals surface area (Å²) in [4.78, 5) is 0. The minimum atomic E-state index is -0.267. The third-order valence-electron chi connectivity index (χ3n) is 2.42. The van der Waals surface area contributed by atoms with E-state index in [1.165, 1.54) is 0 Å². The molecule has 1 aromatic rings. The summed E-state index contributed by atoms with van der Waals surface area (Å²) in [5, 5.41) is 9.24. The molecule has 0 aliphatic carbocycles. The molecule has 0 bridgehead atoms. The first-order chi connectivity index (χ1) is 7.03. The highest BCUT2D eigenvalue weighted by Gasteiger charge is 2.15. The molecule has 0 aliphatic heterocycles. The lowest BCUT2D eigenvalue weighted by Gasteiger charge is -2.22. The molecule has 3 nitrogen and oxygen atoms in total. The maximum absolute atomic E-state index is 9.24. The number of nitrogens with two attached hydrogens (primary N) is 1. The lowest BCUT2D eigenvalue weighted by molar-refractivity contribution is 0.0776. The predicted molar refractivity (Wildman–Crippen MR) is 60.6 cm³/mol. The summed E-state index contributed by atoms with van der Waals surface area (Å²) in [5.41, 5.74) is 6.63. The fourth-order valence-corrected chi connectivity index (χ4v) is 1.15. The highest BCUT2D eigenvalue weighted by molar-refractivity contribution is 5.26. The predicted octanol–water partition coefficient (Wildman–Crippen LogP) is 2.04. The second-order valence-corrected chi connectivity index (χ2v) is 4.17. The Morgan fingerprint density at radius 2 is 2.20 bits per heavy atom. The first-order valence-corrected chi connectivity index (χ1v) is 5.18. The number of hydrogen-bond donors (Lipinski definition) is 2. The van der Waals surface area contributed by atoms with Crippen LogP contribution in [0, 0.1) is 0 Å². The van der Waals surface area contributed by atoms with Gasteiger partial charge in [0.05, 0.1) is 13.2 Å². The number of phenolic OH excluding ortho intramolecular Hbond substituents is 1. The number of aromatic hydroxyl groups is 1. The van der Waals surface area contributed by atoms with E-state index in [9.17, 15) is 5.11 Å². The van der Waals surface area contributed by atoms with Crippen molar-refractivity contribution in [2.75, 3.05) is 6.61 Å². The summed E-state index contributed by atoms with van der Waals surface area (Å²) in [7, 11) is 0. The molecular weight excluding hydrogens is 190 g/mol. The van der Waals surface area contributed by atoms with Crippen molar-refractivity contribution in [2.24, 2.45) is 5.73 Å². The third-order valence-corrected chi connectivity index (χ3v) is 2.42. The number of ether oxygens (including phenoxy) is 1. The van der Waals surface area contributed by atoms with E-state index < -0.39 is 0 Å². The van der Waals surface area contributed by atoms with Crippen LogP contribution in [0.2, 0.25) is 0 Å². The van der Waals surface area contributed by atoms with Crippen LogP contribution in [0.3, 0.4) is 0 Å². The van der Waals surface area contributed by atoms with Gasteiger partial charge in [-0.15, -0.1) is 0 Å². The summed E-state index contributed by atoms with van der Waals surface area (Å²) in [5.74, 6) is 0.266. The van der Waals surface area contributed by atoms with Gasteiger partial charge in [0.15, 0.2) is 0 Å². The SMILES string of the molecule is CCC(C)(N)COCc1cccc(O)c1. The molecule has 1 atom stereocenters. The van der Waals surface area contributed by atoms with Gasteiger partial charge in [-0.25, -0.2) is 0 Å². The second-order valence-electron chi connectivity index (χ2n) is 4.17. The first kappa shape index (κ1) is 12.0. The largest absolute Gasteiger partial charge is 0.508 e. The molecule has 0 spiro atoms. The van der Waals surface area contributed by atoms with E-state index in [0.717, 1.165) is 12.0 Å². The molecule has 1 unspecified atom stereocenters. The van der Waals surface area contributed by atoms with Crippen LogP contribution in [-0.4, -0.2) is 17.3 Å². The summed E-state index contributed by atoms with van der Waals surface area (Å²) < 4.78 is 5.49. The molecule has 0 fully saturated rings. The number of phenols is 1. The number of benzene rings is 1. The van der Waals surface area contributed by atoms with E-state index in [0.29, 0.717) is 13.2 Å². The Hall–Kier alpha value is -1.06. The van der Waals surface area contributed by atoms with Crippen molar-refractivity contribution in [1.82, 2.24) is 0 Å². The molecule has 0 heterocycles. The molecule has 0 amide bonds. The highest BCUT2D eigenvalue weighted by Crippen LogP contribution is 2.13. The Morgan fingerprint density at radius 1 is 1.47 bits per heavy atom. The lowest BCUT2D eigenvalue weighted by Crippen LogP contribution is -2.40. The average Bonchev–Trinajstić information content (AvgIpc) is 2.18. The maximum atomic E-state index is 9.24. The van der Waals surface area contributed by atoms with Crippen LogP contribution in [-0.2, 0) is 11.3 Å². The van der Waals surface area contributed by atoms with Crippen molar-refractivity contribution in [2.45, 2.75) is 32.4 Å². The van der Waals surface area contributed by atoms with Crippen LogP contribution in [0.15, 0.2) is 24.3 Å². The molecule has 15 heavy (non-hydrogen) atoms. The zero-order valence-corrected chi connectivity index (χ0v) is 9.36. The summed E-state index contributed by atoms with van der Waals surface area (Å²) >= 11 is 0. The second kappa shape index (κ2) is 5.14. The van der Waals surface area contributed by atoms with Crippen LogP contribution >= 0.6 is 0 Å². The minimum absolute atomic E-state index is 0.266. The van der Waals surface area contributed by atoms with Crippen molar-refractivity contribution < 1.29 is 9.84 Å². The first-order valence-electron chi connectivity index (χ1n) is 5.18. The van der Waals surface area contributed by atoms with Gasteiger partial charge in [0.25, 0.3) is 0 Å². The molecule has 0 aromatic heterocycles. The Kier molecular flexibility index (Phi) is 4.12. The van der Waals surface area contributed by atoms with Gasteiger partial charge in [0, 0.05) is 5.54 Å². The van der Waals surface area contributed by atoms with E-state index in [1.54, 1.807) is 18.2 Å². The zero-order valence-electron chi connectivity index (χ0n) is 9.36. The monoisotopic (exact) mass is 209 g/mol. The van der Waals surface area contributed by atoms with Crippen molar-refractivity contribution in [3.8, 4) is 5.75 Å². The molecule has 3 heteroatoms. The van der Waals surface area contributed by atoms with Gasteiger partial charge in [0.1, 0.15) is 5.75 Å². The van der Waals surface area contributed by atoms with E-state index >= 15 is 0 Å². The molecule has 0 saturated carbocycles. The van der Waals surface area contributed by atoms with Crippen LogP contribution in [0.5, 0.6) is 5.75 Å². The molecule has 1 aromatic carbocycles. The molecular formula is C12H19NO2. The Morgan fingerprint density at radius 3 is 2.80 bits per heavy atom. The highest BCUT2D eigenvalue weighted by atomic mass is 16.5. The van der Waals surface area contributed by atoms with Gasteiger partial charge in [-0.05, 0) is 31.0 Å². The third kappa shape index (κ3) is 4.32. The van der Waals surface area contributed by atoms with Crippen molar-refractivity contribution >= 4 is 0 Å². The number of hydrogen-bond acceptors (Lipinski definition) is 3. The zero-order chi connectivity index (χ0) is 11.3. The fourth-order valence-electron chi connectivity index (χ4n) is 1.15. The molecule has 3 N–H and O–H groups in total. The van der Waals surface area contributed by atoms with E-state index in [2.05, 4.69) is 0 Å². The van der Waals surface area contributed by atoms with Gasteiger partial charge >= 0.3 is 0 Å². The van der Waals surface area contributed by atoms with Crippen LogP contribution in [0.25, 0.3) is 0 Å². The van der Waals surface area contributed by atoms with Gasteiger partial charge < -0.3 is 15.6 Å². The Bertz CT molecular complexity index is 310. The topological polar surface area (TPSA) is 55.5 Å². The van der Waals surface area contributed by atoms with Crippen LogP contribution < -0.4 is 5.73 Å².